The predicted molar refractivity (Wildman–Crippen MR) is 77.2 cm³/mol. The number of amides is 1. The number of benzene rings is 1. The van der Waals surface area contributed by atoms with Gasteiger partial charge in [-0.1, -0.05) is 6.07 Å². The Balaban J connectivity index is 1.89. The van der Waals surface area contributed by atoms with Gasteiger partial charge in [-0.3, -0.25) is 4.79 Å². The first-order valence-corrected chi connectivity index (χ1v) is 7.03. The molecule has 0 aromatic heterocycles. The zero-order chi connectivity index (χ0) is 14.2. The van der Waals surface area contributed by atoms with Gasteiger partial charge in [-0.25, -0.2) is 0 Å². The molecule has 1 atom stereocenters. The van der Waals surface area contributed by atoms with Gasteiger partial charge in [0, 0.05) is 25.3 Å². The van der Waals surface area contributed by atoms with Crippen LogP contribution in [0.5, 0.6) is 5.75 Å². The van der Waals surface area contributed by atoms with Crippen molar-refractivity contribution in [3.8, 4) is 5.75 Å². The summed E-state index contributed by atoms with van der Waals surface area (Å²) in [6.45, 7) is 2.89. The van der Waals surface area contributed by atoms with Gasteiger partial charge in [0.15, 0.2) is 0 Å². The first-order valence-electron chi connectivity index (χ1n) is 7.03. The third-order valence-corrected chi connectivity index (χ3v) is 3.28. The lowest BCUT2D eigenvalue weighted by Crippen LogP contribution is -2.45. The molecule has 0 unspecified atom stereocenters. The van der Waals surface area contributed by atoms with Crippen LogP contribution in [-0.4, -0.2) is 45.4 Å². The molecule has 0 aliphatic carbocycles. The molecule has 110 valence electrons. The molecular formula is C15H22N2O3. The number of nitrogens with one attached hydrogen (secondary N) is 2. The molecule has 2 N–H and O–H groups in total. The van der Waals surface area contributed by atoms with Gasteiger partial charge in [-0.15, -0.1) is 0 Å². The SMILES string of the molecule is COCCOc1cccc(C(=O)N[C@H]2CCCNC2)c1. The third kappa shape index (κ3) is 4.51. The Morgan fingerprint density at radius 1 is 1.45 bits per heavy atom. The molecule has 2 rings (SSSR count). The molecule has 1 aliphatic rings. The quantitative estimate of drug-likeness (QED) is 0.768. The number of methoxy groups -OCH3 is 1. The lowest BCUT2D eigenvalue weighted by atomic mass is 10.1. The summed E-state index contributed by atoms with van der Waals surface area (Å²) in [6, 6.07) is 7.45. The van der Waals surface area contributed by atoms with Gasteiger partial charge >= 0.3 is 0 Å². The second-order valence-electron chi connectivity index (χ2n) is 4.89. The molecule has 0 spiro atoms. The van der Waals surface area contributed by atoms with E-state index in [0.717, 1.165) is 25.9 Å². The van der Waals surface area contributed by atoms with Crippen LogP contribution in [0.2, 0.25) is 0 Å². The Labute approximate surface area is 119 Å². The Kier molecular flexibility index (Phi) is 5.83. The zero-order valence-corrected chi connectivity index (χ0v) is 11.9. The summed E-state index contributed by atoms with van der Waals surface area (Å²) in [4.78, 5) is 12.2. The normalized spacial score (nSPS) is 18.6. The van der Waals surface area contributed by atoms with Crippen LogP contribution in [0.25, 0.3) is 0 Å². The lowest BCUT2D eigenvalue weighted by Gasteiger charge is -2.23. The second-order valence-corrected chi connectivity index (χ2v) is 4.89. The minimum atomic E-state index is -0.0455. The molecule has 1 aliphatic heterocycles. The topological polar surface area (TPSA) is 59.6 Å². The third-order valence-electron chi connectivity index (χ3n) is 3.28. The average molecular weight is 278 g/mol. The van der Waals surface area contributed by atoms with Crippen molar-refractivity contribution in [3.63, 3.8) is 0 Å². The number of piperidine rings is 1. The van der Waals surface area contributed by atoms with Gasteiger partial charge in [0.2, 0.25) is 0 Å². The summed E-state index contributed by atoms with van der Waals surface area (Å²) in [5.41, 5.74) is 0.630. The molecule has 1 heterocycles. The molecular weight excluding hydrogens is 256 g/mol. The van der Waals surface area contributed by atoms with Crippen molar-refractivity contribution in [1.82, 2.24) is 10.6 Å². The van der Waals surface area contributed by atoms with Gasteiger partial charge in [-0.2, -0.15) is 0 Å². The van der Waals surface area contributed by atoms with Crippen LogP contribution in [0.3, 0.4) is 0 Å². The van der Waals surface area contributed by atoms with Crippen molar-refractivity contribution in [2.75, 3.05) is 33.4 Å². The Morgan fingerprint density at radius 3 is 3.10 bits per heavy atom. The molecule has 0 radical (unpaired) electrons. The summed E-state index contributed by atoms with van der Waals surface area (Å²) in [5, 5.41) is 6.33. The monoisotopic (exact) mass is 278 g/mol. The van der Waals surface area contributed by atoms with E-state index in [1.165, 1.54) is 0 Å². The fraction of sp³-hybridized carbons (Fsp3) is 0.533. The molecule has 1 aromatic carbocycles. The van der Waals surface area contributed by atoms with Crippen LogP contribution >= 0.6 is 0 Å². The zero-order valence-electron chi connectivity index (χ0n) is 11.9. The summed E-state index contributed by atoms with van der Waals surface area (Å²) in [6.07, 6.45) is 2.13. The maximum atomic E-state index is 12.2. The maximum absolute atomic E-state index is 12.2. The summed E-state index contributed by atoms with van der Waals surface area (Å²) >= 11 is 0. The fourth-order valence-corrected chi connectivity index (χ4v) is 2.21. The molecule has 1 saturated heterocycles. The first kappa shape index (κ1) is 14.8. The van der Waals surface area contributed by atoms with E-state index in [2.05, 4.69) is 10.6 Å². The van der Waals surface area contributed by atoms with Gasteiger partial charge < -0.3 is 20.1 Å². The fourth-order valence-electron chi connectivity index (χ4n) is 2.21. The molecule has 5 nitrogen and oxygen atoms in total. The second kappa shape index (κ2) is 7.87. The number of rotatable bonds is 6. The maximum Gasteiger partial charge on any atom is 0.251 e. The van der Waals surface area contributed by atoms with Crippen molar-refractivity contribution in [3.05, 3.63) is 29.8 Å². The van der Waals surface area contributed by atoms with Crippen molar-refractivity contribution in [2.45, 2.75) is 18.9 Å². The van der Waals surface area contributed by atoms with Crippen molar-refractivity contribution >= 4 is 5.91 Å². The van der Waals surface area contributed by atoms with E-state index in [9.17, 15) is 4.79 Å². The Bertz CT molecular complexity index is 431. The van der Waals surface area contributed by atoms with E-state index in [1.54, 1.807) is 19.2 Å². The van der Waals surface area contributed by atoms with Crippen LogP contribution in [0.4, 0.5) is 0 Å². The van der Waals surface area contributed by atoms with Crippen LogP contribution in [-0.2, 0) is 4.74 Å². The summed E-state index contributed by atoms with van der Waals surface area (Å²) in [7, 11) is 1.63. The van der Waals surface area contributed by atoms with E-state index >= 15 is 0 Å². The molecule has 0 bridgehead atoms. The molecule has 1 aromatic rings. The van der Waals surface area contributed by atoms with Crippen LogP contribution < -0.4 is 15.4 Å². The predicted octanol–water partition coefficient (Wildman–Crippen LogP) is 1.19. The van der Waals surface area contributed by atoms with E-state index in [-0.39, 0.29) is 11.9 Å². The minimum absolute atomic E-state index is 0.0455. The summed E-state index contributed by atoms with van der Waals surface area (Å²) < 4.78 is 10.4. The van der Waals surface area contributed by atoms with Gasteiger partial charge in [-0.05, 0) is 37.6 Å². The Morgan fingerprint density at radius 2 is 2.35 bits per heavy atom. The highest BCUT2D eigenvalue weighted by Crippen LogP contribution is 2.14. The van der Waals surface area contributed by atoms with Crippen LogP contribution in [0, 0.1) is 0 Å². The number of carbonyl (C=O) groups excluding carboxylic acids is 1. The van der Waals surface area contributed by atoms with E-state index in [4.69, 9.17) is 9.47 Å². The smallest absolute Gasteiger partial charge is 0.251 e. The number of carbonyl (C=O) groups is 1. The summed E-state index contributed by atoms with van der Waals surface area (Å²) in [5.74, 6) is 0.646. The van der Waals surface area contributed by atoms with Gasteiger partial charge in [0.1, 0.15) is 12.4 Å². The van der Waals surface area contributed by atoms with E-state index in [0.29, 0.717) is 24.5 Å². The number of ether oxygens (including phenoxy) is 2. The van der Waals surface area contributed by atoms with E-state index in [1.807, 2.05) is 12.1 Å². The van der Waals surface area contributed by atoms with Crippen molar-refractivity contribution in [1.29, 1.82) is 0 Å². The van der Waals surface area contributed by atoms with Crippen LogP contribution in [0.1, 0.15) is 23.2 Å². The number of hydrogen-bond acceptors (Lipinski definition) is 4. The largest absolute Gasteiger partial charge is 0.491 e. The van der Waals surface area contributed by atoms with Gasteiger partial charge in [0.05, 0.1) is 6.61 Å². The van der Waals surface area contributed by atoms with Crippen molar-refractivity contribution < 1.29 is 14.3 Å². The standard InChI is InChI=1S/C15H22N2O3/c1-19-8-9-20-14-6-2-4-12(10-14)15(18)17-13-5-3-7-16-11-13/h2,4,6,10,13,16H,3,5,7-9,11H2,1H3,(H,17,18)/t13-/m0/s1. The van der Waals surface area contributed by atoms with Crippen LogP contribution in [0.15, 0.2) is 24.3 Å². The highest BCUT2D eigenvalue weighted by Gasteiger charge is 2.16. The first-order chi connectivity index (χ1) is 9.79. The number of hydrogen-bond donors (Lipinski definition) is 2. The van der Waals surface area contributed by atoms with Gasteiger partial charge in [0.25, 0.3) is 5.91 Å². The van der Waals surface area contributed by atoms with E-state index < -0.39 is 0 Å². The Hall–Kier alpha value is -1.59. The molecule has 5 heteroatoms. The average Bonchev–Trinajstić information content (AvgIpc) is 2.49. The molecule has 1 amide bonds. The lowest BCUT2D eigenvalue weighted by molar-refractivity contribution is 0.0930. The minimum Gasteiger partial charge on any atom is -0.491 e. The molecule has 0 saturated carbocycles. The highest BCUT2D eigenvalue weighted by atomic mass is 16.5. The molecule has 1 fully saturated rings. The highest BCUT2D eigenvalue weighted by molar-refractivity contribution is 5.94. The molecule has 20 heavy (non-hydrogen) atoms. The van der Waals surface area contributed by atoms with Crippen molar-refractivity contribution in [2.24, 2.45) is 0 Å².